The minimum absolute atomic E-state index is 0.528. The largest absolute Gasteiger partial charge is 0.322 e. The van der Waals surface area contributed by atoms with Crippen molar-refractivity contribution < 1.29 is 0 Å². The van der Waals surface area contributed by atoms with E-state index in [1.165, 1.54) is 0 Å². The lowest BCUT2D eigenvalue weighted by Gasteiger charge is -2.07. The highest BCUT2D eigenvalue weighted by Gasteiger charge is 2.09. The second-order valence-corrected chi connectivity index (χ2v) is 4.80. The van der Waals surface area contributed by atoms with Crippen LogP contribution in [-0.2, 0) is 13.0 Å². The van der Waals surface area contributed by atoms with Gasteiger partial charge in [-0.1, -0.05) is 36.7 Å². The highest BCUT2D eigenvalue weighted by Crippen LogP contribution is 2.18. The Hall–Kier alpha value is -1.87. The minimum Gasteiger partial charge on any atom is -0.322 e. The first-order valence-electron chi connectivity index (χ1n) is 6.33. The predicted molar refractivity (Wildman–Crippen MR) is 77.5 cm³/mol. The Bertz CT molecular complexity index is 718. The third kappa shape index (κ3) is 2.34. The molecule has 0 atom stereocenters. The van der Waals surface area contributed by atoms with Crippen LogP contribution in [-0.4, -0.2) is 14.5 Å². The lowest BCUT2D eigenvalue weighted by atomic mass is 10.3. The Morgan fingerprint density at radius 1 is 1.05 bits per heavy atom. The number of benzene rings is 1. The molecule has 4 heteroatoms. The van der Waals surface area contributed by atoms with Crippen molar-refractivity contribution >= 4 is 22.6 Å². The van der Waals surface area contributed by atoms with Crippen LogP contribution in [0.25, 0.3) is 11.0 Å². The fourth-order valence-electron chi connectivity index (χ4n) is 2.27. The Morgan fingerprint density at radius 3 is 2.68 bits per heavy atom. The molecule has 0 radical (unpaired) electrons. The molecule has 3 nitrogen and oxygen atoms in total. The van der Waals surface area contributed by atoms with Crippen LogP contribution in [0.1, 0.15) is 18.4 Å². The Balaban J connectivity index is 2.08. The Kier molecular flexibility index (Phi) is 3.22. The fourth-order valence-corrected chi connectivity index (χ4v) is 2.45. The van der Waals surface area contributed by atoms with E-state index >= 15 is 0 Å². The number of para-hydroxylation sites is 2. The van der Waals surface area contributed by atoms with Gasteiger partial charge in [-0.05, 0) is 24.3 Å². The lowest BCUT2D eigenvalue weighted by Crippen LogP contribution is -2.05. The van der Waals surface area contributed by atoms with Crippen LogP contribution in [0.5, 0.6) is 0 Å². The summed E-state index contributed by atoms with van der Waals surface area (Å²) in [7, 11) is 0. The third-order valence-corrected chi connectivity index (χ3v) is 3.35. The number of hydrogen-bond donors (Lipinski definition) is 0. The molecule has 0 fully saturated rings. The van der Waals surface area contributed by atoms with E-state index in [0.29, 0.717) is 11.7 Å². The van der Waals surface area contributed by atoms with Gasteiger partial charge in [0.05, 0.1) is 23.3 Å². The van der Waals surface area contributed by atoms with Crippen molar-refractivity contribution in [3.63, 3.8) is 0 Å². The van der Waals surface area contributed by atoms with Gasteiger partial charge < -0.3 is 4.57 Å². The quantitative estimate of drug-likeness (QED) is 0.680. The molecule has 0 saturated heterocycles. The Labute approximate surface area is 116 Å². The molecule has 0 saturated carbocycles. The standard InChI is InChI=1S/C15H14ClN3/c1-2-15-18-12-7-3-4-8-13(12)19(15)10-11-6-5-9-14(16)17-11/h3-9H,2,10H2,1H3. The molecule has 96 valence electrons. The minimum atomic E-state index is 0.528. The van der Waals surface area contributed by atoms with Crippen molar-refractivity contribution in [2.24, 2.45) is 0 Å². The number of aromatic nitrogens is 3. The van der Waals surface area contributed by atoms with Gasteiger partial charge in [0.2, 0.25) is 0 Å². The van der Waals surface area contributed by atoms with Crippen LogP contribution in [0.3, 0.4) is 0 Å². The van der Waals surface area contributed by atoms with Crippen LogP contribution < -0.4 is 0 Å². The van der Waals surface area contributed by atoms with Crippen LogP contribution in [0.4, 0.5) is 0 Å². The molecule has 0 aliphatic carbocycles. The molecule has 3 rings (SSSR count). The average molecular weight is 272 g/mol. The number of rotatable bonds is 3. The normalized spacial score (nSPS) is 11.1. The van der Waals surface area contributed by atoms with Gasteiger partial charge in [0.25, 0.3) is 0 Å². The number of hydrogen-bond acceptors (Lipinski definition) is 2. The maximum Gasteiger partial charge on any atom is 0.129 e. The van der Waals surface area contributed by atoms with Crippen molar-refractivity contribution in [2.45, 2.75) is 19.9 Å². The van der Waals surface area contributed by atoms with Crippen LogP contribution >= 0.6 is 11.6 Å². The summed E-state index contributed by atoms with van der Waals surface area (Å²) >= 11 is 5.94. The summed E-state index contributed by atoms with van der Waals surface area (Å²) in [6.45, 7) is 2.81. The number of imidazole rings is 1. The molecular formula is C15H14ClN3. The van der Waals surface area contributed by atoms with Gasteiger partial charge in [0.15, 0.2) is 0 Å². The van der Waals surface area contributed by atoms with E-state index < -0.39 is 0 Å². The number of aryl methyl sites for hydroxylation is 1. The SMILES string of the molecule is CCc1nc2ccccc2n1Cc1cccc(Cl)n1. The second-order valence-electron chi connectivity index (χ2n) is 4.41. The molecule has 0 N–H and O–H groups in total. The van der Waals surface area contributed by atoms with Gasteiger partial charge in [-0.2, -0.15) is 0 Å². The molecule has 0 aliphatic heterocycles. The van der Waals surface area contributed by atoms with Gasteiger partial charge in [0, 0.05) is 6.42 Å². The monoisotopic (exact) mass is 271 g/mol. The summed E-state index contributed by atoms with van der Waals surface area (Å²) in [5, 5.41) is 0.528. The third-order valence-electron chi connectivity index (χ3n) is 3.14. The van der Waals surface area contributed by atoms with Crippen molar-refractivity contribution in [1.82, 2.24) is 14.5 Å². The number of halogens is 1. The summed E-state index contributed by atoms with van der Waals surface area (Å²) in [5.74, 6) is 1.07. The van der Waals surface area contributed by atoms with E-state index in [2.05, 4.69) is 27.5 Å². The van der Waals surface area contributed by atoms with E-state index in [0.717, 1.165) is 29.0 Å². The highest BCUT2D eigenvalue weighted by atomic mass is 35.5. The summed E-state index contributed by atoms with van der Waals surface area (Å²) in [5.41, 5.74) is 3.12. The van der Waals surface area contributed by atoms with Crippen molar-refractivity contribution in [2.75, 3.05) is 0 Å². The molecular weight excluding hydrogens is 258 g/mol. The molecule has 0 amide bonds. The summed E-state index contributed by atoms with van der Waals surface area (Å²) in [6.07, 6.45) is 0.898. The number of fused-ring (bicyclic) bond motifs is 1. The van der Waals surface area contributed by atoms with Gasteiger partial charge >= 0.3 is 0 Å². The fraction of sp³-hybridized carbons (Fsp3) is 0.200. The molecule has 0 bridgehead atoms. The summed E-state index contributed by atoms with van der Waals surface area (Å²) in [6, 6.07) is 13.9. The van der Waals surface area contributed by atoms with Gasteiger partial charge in [-0.3, -0.25) is 0 Å². The second kappa shape index (κ2) is 5.02. The van der Waals surface area contributed by atoms with Gasteiger partial charge in [-0.25, -0.2) is 9.97 Å². The molecule has 2 aromatic heterocycles. The molecule has 0 aliphatic rings. The topological polar surface area (TPSA) is 30.7 Å². The molecule has 3 aromatic rings. The van der Waals surface area contributed by atoms with E-state index in [1.807, 2.05) is 30.3 Å². The molecule has 1 aromatic carbocycles. The van der Waals surface area contributed by atoms with E-state index in [9.17, 15) is 0 Å². The van der Waals surface area contributed by atoms with Crippen LogP contribution in [0.2, 0.25) is 5.15 Å². The van der Waals surface area contributed by atoms with Crippen molar-refractivity contribution in [3.8, 4) is 0 Å². The highest BCUT2D eigenvalue weighted by molar-refractivity contribution is 6.29. The van der Waals surface area contributed by atoms with Crippen LogP contribution in [0, 0.1) is 0 Å². The zero-order chi connectivity index (χ0) is 13.2. The zero-order valence-electron chi connectivity index (χ0n) is 10.7. The molecule has 0 unspecified atom stereocenters. The van der Waals surface area contributed by atoms with E-state index in [-0.39, 0.29) is 0 Å². The van der Waals surface area contributed by atoms with Crippen molar-refractivity contribution in [1.29, 1.82) is 0 Å². The number of pyridine rings is 1. The lowest BCUT2D eigenvalue weighted by molar-refractivity contribution is 0.736. The summed E-state index contributed by atoms with van der Waals surface area (Å²) in [4.78, 5) is 9.00. The predicted octanol–water partition coefficient (Wildman–Crippen LogP) is 3.70. The zero-order valence-corrected chi connectivity index (χ0v) is 11.4. The first-order chi connectivity index (χ1) is 9.28. The average Bonchev–Trinajstić information content (AvgIpc) is 2.77. The maximum atomic E-state index is 5.94. The first kappa shape index (κ1) is 12.2. The van der Waals surface area contributed by atoms with Gasteiger partial charge in [0.1, 0.15) is 11.0 Å². The Morgan fingerprint density at radius 2 is 1.89 bits per heavy atom. The van der Waals surface area contributed by atoms with Crippen LogP contribution in [0.15, 0.2) is 42.5 Å². The van der Waals surface area contributed by atoms with E-state index in [1.54, 1.807) is 6.07 Å². The van der Waals surface area contributed by atoms with Gasteiger partial charge in [-0.15, -0.1) is 0 Å². The van der Waals surface area contributed by atoms with E-state index in [4.69, 9.17) is 11.6 Å². The molecule has 19 heavy (non-hydrogen) atoms. The maximum absolute atomic E-state index is 5.94. The summed E-state index contributed by atoms with van der Waals surface area (Å²) < 4.78 is 2.20. The number of nitrogens with zero attached hydrogens (tertiary/aromatic N) is 3. The smallest absolute Gasteiger partial charge is 0.129 e. The molecule has 0 spiro atoms. The van der Waals surface area contributed by atoms with Crippen molar-refractivity contribution in [3.05, 3.63) is 59.1 Å². The molecule has 2 heterocycles. The first-order valence-corrected chi connectivity index (χ1v) is 6.71.